The van der Waals surface area contributed by atoms with Crippen LogP contribution in [0.25, 0.3) is 0 Å². The lowest BCUT2D eigenvalue weighted by molar-refractivity contribution is 0.542. The lowest BCUT2D eigenvalue weighted by Crippen LogP contribution is -2.34. The minimum atomic E-state index is -3.87. The van der Waals surface area contributed by atoms with E-state index in [4.69, 9.17) is 11.6 Å². The van der Waals surface area contributed by atoms with Crippen molar-refractivity contribution in [1.29, 1.82) is 0 Å². The Morgan fingerprint density at radius 3 is 2.38 bits per heavy atom. The normalized spacial score (nSPS) is 13.1. The molecule has 0 saturated carbocycles. The van der Waals surface area contributed by atoms with Crippen molar-refractivity contribution in [3.05, 3.63) is 64.9 Å². The van der Waals surface area contributed by atoms with Crippen molar-refractivity contribution in [3.63, 3.8) is 0 Å². The molecule has 21 heavy (non-hydrogen) atoms. The third-order valence-electron chi connectivity index (χ3n) is 2.94. The highest BCUT2D eigenvalue weighted by atomic mass is 35.5. The first kappa shape index (κ1) is 15.9. The van der Waals surface area contributed by atoms with Gasteiger partial charge in [-0.05, 0) is 43.2 Å². The minimum absolute atomic E-state index is 0.340. The number of hydrogen-bond donors (Lipinski definition) is 1. The molecular formula is C15H15ClFNO2S. The van der Waals surface area contributed by atoms with Crippen LogP contribution in [0.1, 0.15) is 12.5 Å². The molecule has 0 radical (unpaired) electrons. The highest BCUT2D eigenvalue weighted by Gasteiger charge is 2.20. The first-order valence-corrected chi connectivity index (χ1v) is 8.26. The summed E-state index contributed by atoms with van der Waals surface area (Å²) in [6, 6.07) is 12.1. The van der Waals surface area contributed by atoms with E-state index in [1.165, 1.54) is 18.2 Å². The molecule has 3 nitrogen and oxygen atoms in total. The van der Waals surface area contributed by atoms with Gasteiger partial charge in [-0.3, -0.25) is 0 Å². The zero-order chi connectivity index (χ0) is 15.5. The van der Waals surface area contributed by atoms with Gasteiger partial charge in [0.1, 0.15) is 10.7 Å². The average molecular weight is 328 g/mol. The zero-order valence-electron chi connectivity index (χ0n) is 11.4. The topological polar surface area (TPSA) is 46.2 Å². The summed E-state index contributed by atoms with van der Waals surface area (Å²) in [6.07, 6.45) is 0.491. The summed E-state index contributed by atoms with van der Waals surface area (Å²) < 4.78 is 40.3. The minimum Gasteiger partial charge on any atom is -0.208 e. The van der Waals surface area contributed by atoms with Crippen molar-refractivity contribution in [2.45, 2.75) is 24.3 Å². The number of nitrogens with one attached hydrogen (secondary N) is 1. The molecule has 1 unspecified atom stereocenters. The van der Waals surface area contributed by atoms with Gasteiger partial charge in [0.2, 0.25) is 10.0 Å². The molecule has 0 spiro atoms. The van der Waals surface area contributed by atoms with Crippen molar-refractivity contribution in [1.82, 2.24) is 4.72 Å². The van der Waals surface area contributed by atoms with Crippen molar-refractivity contribution in [2.75, 3.05) is 0 Å². The molecule has 2 rings (SSSR count). The molecule has 0 saturated heterocycles. The highest BCUT2D eigenvalue weighted by Crippen LogP contribution is 2.15. The van der Waals surface area contributed by atoms with E-state index in [9.17, 15) is 12.8 Å². The van der Waals surface area contributed by atoms with Crippen LogP contribution in [0.3, 0.4) is 0 Å². The maximum atomic E-state index is 13.6. The molecule has 1 N–H and O–H groups in total. The van der Waals surface area contributed by atoms with E-state index < -0.39 is 15.8 Å². The SMILES string of the molecule is CC(Cc1ccc(Cl)cc1)NS(=O)(=O)c1ccccc1F. The summed E-state index contributed by atoms with van der Waals surface area (Å²) >= 11 is 5.80. The van der Waals surface area contributed by atoms with Crippen LogP contribution in [-0.2, 0) is 16.4 Å². The van der Waals surface area contributed by atoms with Crippen LogP contribution >= 0.6 is 11.6 Å². The Hall–Kier alpha value is -1.43. The Balaban J connectivity index is 2.10. The van der Waals surface area contributed by atoms with E-state index in [0.29, 0.717) is 11.4 Å². The van der Waals surface area contributed by atoms with Crippen LogP contribution in [0.2, 0.25) is 5.02 Å². The number of sulfonamides is 1. The van der Waals surface area contributed by atoms with Crippen molar-refractivity contribution >= 4 is 21.6 Å². The second kappa shape index (κ2) is 6.56. The van der Waals surface area contributed by atoms with Crippen molar-refractivity contribution in [3.8, 4) is 0 Å². The summed E-state index contributed by atoms with van der Waals surface area (Å²) in [4.78, 5) is -0.340. The van der Waals surface area contributed by atoms with E-state index in [2.05, 4.69) is 4.72 Å². The highest BCUT2D eigenvalue weighted by molar-refractivity contribution is 7.89. The third-order valence-corrected chi connectivity index (χ3v) is 4.81. The molecular weight excluding hydrogens is 313 g/mol. The Bertz CT molecular complexity index is 717. The van der Waals surface area contributed by atoms with Crippen molar-refractivity contribution < 1.29 is 12.8 Å². The summed E-state index contributed by atoms with van der Waals surface area (Å²) in [6.45, 7) is 1.73. The zero-order valence-corrected chi connectivity index (χ0v) is 13.0. The van der Waals surface area contributed by atoms with E-state index in [-0.39, 0.29) is 10.9 Å². The third kappa shape index (κ3) is 4.27. The second-order valence-corrected chi connectivity index (χ2v) is 6.90. The van der Waals surface area contributed by atoms with Crippen LogP contribution in [0, 0.1) is 5.82 Å². The fraction of sp³-hybridized carbons (Fsp3) is 0.200. The predicted octanol–water partition coefficient (Wildman–Crippen LogP) is 3.39. The van der Waals surface area contributed by atoms with Gasteiger partial charge >= 0.3 is 0 Å². The molecule has 2 aromatic carbocycles. The fourth-order valence-corrected chi connectivity index (χ4v) is 3.46. The molecule has 0 aliphatic heterocycles. The van der Waals surface area contributed by atoms with E-state index in [0.717, 1.165) is 11.6 Å². The van der Waals surface area contributed by atoms with Gasteiger partial charge < -0.3 is 0 Å². The van der Waals surface area contributed by atoms with E-state index in [1.54, 1.807) is 19.1 Å². The Morgan fingerprint density at radius 2 is 1.76 bits per heavy atom. The lowest BCUT2D eigenvalue weighted by Gasteiger charge is -2.14. The monoisotopic (exact) mass is 327 g/mol. The average Bonchev–Trinajstić information content (AvgIpc) is 2.41. The number of hydrogen-bond acceptors (Lipinski definition) is 2. The van der Waals surface area contributed by atoms with Gasteiger partial charge in [0.15, 0.2) is 0 Å². The molecule has 0 fully saturated rings. The standard InChI is InChI=1S/C15H15ClFNO2S/c1-11(10-12-6-8-13(16)9-7-12)18-21(19,20)15-5-3-2-4-14(15)17/h2-9,11,18H,10H2,1H3. The molecule has 2 aromatic rings. The van der Waals surface area contributed by atoms with Crippen LogP contribution < -0.4 is 4.72 Å². The lowest BCUT2D eigenvalue weighted by atomic mass is 10.1. The molecule has 0 heterocycles. The quantitative estimate of drug-likeness (QED) is 0.915. The van der Waals surface area contributed by atoms with E-state index in [1.807, 2.05) is 12.1 Å². The van der Waals surface area contributed by atoms with Gasteiger partial charge in [-0.25, -0.2) is 17.5 Å². The first-order valence-electron chi connectivity index (χ1n) is 6.40. The van der Waals surface area contributed by atoms with Gasteiger partial charge in [0, 0.05) is 11.1 Å². The van der Waals surface area contributed by atoms with Crippen LogP contribution in [-0.4, -0.2) is 14.5 Å². The second-order valence-electron chi connectivity index (χ2n) is 4.78. The largest absolute Gasteiger partial charge is 0.243 e. The summed E-state index contributed by atoms with van der Waals surface area (Å²) in [5, 5.41) is 0.623. The molecule has 0 aliphatic rings. The molecule has 0 bridgehead atoms. The van der Waals surface area contributed by atoms with Gasteiger partial charge in [-0.15, -0.1) is 0 Å². The van der Waals surface area contributed by atoms with Gasteiger partial charge in [-0.1, -0.05) is 35.9 Å². The van der Waals surface area contributed by atoms with Crippen LogP contribution in [0.4, 0.5) is 4.39 Å². The fourth-order valence-electron chi connectivity index (χ4n) is 2.01. The summed E-state index contributed by atoms with van der Waals surface area (Å²) in [7, 11) is -3.87. The smallest absolute Gasteiger partial charge is 0.208 e. The van der Waals surface area contributed by atoms with Crippen molar-refractivity contribution in [2.24, 2.45) is 0 Å². The maximum Gasteiger partial charge on any atom is 0.243 e. The Morgan fingerprint density at radius 1 is 1.14 bits per heavy atom. The molecule has 0 aromatic heterocycles. The molecule has 0 aliphatic carbocycles. The van der Waals surface area contributed by atoms with Gasteiger partial charge in [0.25, 0.3) is 0 Å². The molecule has 1 atom stereocenters. The van der Waals surface area contributed by atoms with Gasteiger partial charge in [0.05, 0.1) is 0 Å². The molecule has 0 amide bonds. The molecule has 112 valence electrons. The Kier molecular flexibility index (Phi) is 4.98. The Labute approximate surface area is 128 Å². The first-order chi connectivity index (χ1) is 9.88. The molecule has 6 heteroatoms. The maximum absolute atomic E-state index is 13.6. The van der Waals surface area contributed by atoms with E-state index >= 15 is 0 Å². The predicted molar refractivity (Wildman–Crippen MR) is 81.3 cm³/mol. The van der Waals surface area contributed by atoms with Gasteiger partial charge in [-0.2, -0.15) is 0 Å². The summed E-state index contributed by atoms with van der Waals surface area (Å²) in [5.41, 5.74) is 0.947. The number of halogens is 2. The van der Waals surface area contributed by atoms with Crippen LogP contribution in [0.5, 0.6) is 0 Å². The van der Waals surface area contributed by atoms with Crippen LogP contribution in [0.15, 0.2) is 53.4 Å². The number of benzene rings is 2. The number of rotatable bonds is 5. The summed E-state index contributed by atoms with van der Waals surface area (Å²) in [5.74, 6) is -0.760.